The van der Waals surface area contributed by atoms with Crippen molar-refractivity contribution >= 4 is 6.03 Å². The molecule has 0 radical (unpaired) electrons. The molecule has 8 heteroatoms. The van der Waals surface area contributed by atoms with Gasteiger partial charge in [0.25, 0.3) is 0 Å². The third kappa shape index (κ3) is 9.70. The zero-order valence-electron chi connectivity index (χ0n) is 29.2. The van der Waals surface area contributed by atoms with Crippen LogP contribution in [0.1, 0.15) is 65.2 Å². The molecule has 5 aromatic carbocycles. The minimum atomic E-state index is -0.639. The lowest BCUT2D eigenvalue weighted by atomic mass is 9.97. The van der Waals surface area contributed by atoms with Gasteiger partial charge in [-0.2, -0.15) is 0 Å². The largest absolute Gasteiger partial charge is 0.392 e. The molecule has 4 N–H and O–H groups in total. The molecule has 51 heavy (non-hydrogen) atoms. The highest BCUT2D eigenvalue weighted by atomic mass is 16.7. The molecule has 1 saturated heterocycles. The van der Waals surface area contributed by atoms with Gasteiger partial charge >= 0.3 is 6.03 Å². The smallest absolute Gasteiger partial charge is 0.315 e. The minimum Gasteiger partial charge on any atom is -0.392 e. The number of nitrogens with one attached hydrogen (secondary N) is 2. The van der Waals surface area contributed by atoms with Crippen molar-refractivity contribution in [1.29, 1.82) is 0 Å². The van der Waals surface area contributed by atoms with Gasteiger partial charge in [0.05, 0.1) is 24.9 Å². The highest BCUT2D eigenvalue weighted by Crippen LogP contribution is 2.39. The molecule has 0 aromatic heterocycles. The van der Waals surface area contributed by atoms with Crippen LogP contribution in [0.4, 0.5) is 4.79 Å². The number of urea groups is 1. The second-order valence-electron chi connectivity index (χ2n) is 13.2. The molecule has 0 saturated carbocycles. The van der Waals surface area contributed by atoms with Gasteiger partial charge in [0, 0.05) is 37.7 Å². The van der Waals surface area contributed by atoms with Crippen LogP contribution in [-0.4, -0.2) is 46.9 Å². The zero-order valence-corrected chi connectivity index (χ0v) is 29.2. The first-order chi connectivity index (χ1) is 24.9. The van der Waals surface area contributed by atoms with Gasteiger partial charge in [0.2, 0.25) is 0 Å². The summed E-state index contributed by atoms with van der Waals surface area (Å²) >= 11 is 0. The summed E-state index contributed by atoms with van der Waals surface area (Å²) in [6.45, 7) is 3.48. The highest BCUT2D eigenvalue weighted by Gasteiger charge is 2.34. The van der Waals surface area contributed by atoms with Crippen LogP contribution in [0.2, 0.25) is 0 Å². The number of hydrogen-bond donors (Lipinski definition) is 4. The second-order valence-corrected chi connectivity index (χ2v) is 13.2. The van der Waals surface area contributed by atoms with Gasteiger partial charge in [-0.25, -0.2) is 4.79 Å². The lowest BCUT2D eigenvalue weighted by molar-refractivity contribution is -0.253. The molecule has 2 amide bonds. The van der Waals surface area contributed by atoms with Crippen LogP contribution in [0.3, 0.4) is 0 Å². The number of ether oxygens (including phenoxy) is 2. The van der Waals surface area contributed by atoms with Crippen molar-refractivity contribution < 1.29 is 24.5 Å². The summed E-state index contributed by atoms with van der Waals surface area (Å²) in [4.78, 5) is 14.6. The Hall–Kier alpha value is -4.83. The van der Waals surface area contributed by atoms with Gasteiger partial charge in [-0.05, 0) is 65.0 Å². The summed E-state index contributed by atoms with van der Waals surface area (Å²) < 4.78 is 13.3. The minimum absolute atomic E-state index is 0.0158. The molecule has 0 bridgehead atoms. The van der Waals surface area contributed by atoms with E-state index in [4.69, 9.17) is 9.47 Å². The normalized spacial score (nSPS) is 18.6. The number of aliphatic hydroxyl groups excluding tert-OH is 2. The van der Waals surface area contributed by atoms with E-state index in [0.717, 1.165) is 44.5 Å². The summed E-state index contributed by atoms with van der Waals surface area (Å²) in [6, 6.07) is 43.4. The summed E-state index contributed by atoms with van der Waals surface area (Å²) in [5.74, 6) is 0. The molecule has 8 nitrogen and oxygen atoms in total. The number of hydrogen-bond acceptors (Lipinski definition) is 6. The summed E-state index contributed by atoms with van der Waals surface area (Å²) in [5, 5.41) is 26.6. The Morgan fingerprint density at radius 2 is 1.37 bits per heavy atom. The van der Waals surface area contributed by atoms with Gasteiger partial charge in [-0.3, -0.25) is 4.90 Å². The van der Waals surface area contributed by atoms with Crippen molar-refractivity contribution in [1.82, 2.24) is 15.5 Å². The van der Waals surface area contributed by atoms with E-state index in [-0.39, 0.29) is 30.9 Å². The standard InChI is InChI=1S/C43H47N3O5/c1-30(41(48)35-14-7-4-8-15-35)46(2)28-39-25-40(34-21-19-32(29-47)20-22-34)51-42(50-39)38-18-10-17-37(24-38)36-16-9-13-33(23-36)27-45-43(49)44-26-31-11-5-3-6-12-31/h3-24,30,39-42,47-48H,25-29H2,1-2H3,(H2,44,45,49)/t30-,39+,40-,41-,42-/m1/s1. The van der Waals surface area contributed by atoms with Crippen molar-refractivity contribution in [2.24, 2.45) is 0 Å². The monoisotopic (exact) mass is 685 g/mol. The van der Waals surface area contributed by atoms with Crippen molar-refractivity contribution in [2.75, 3.05) is 13.6 Å². The number of rotatable bonds is 13. The Labute approximate surface area is 300 Å². The number of likely N-dealkylation sites (N-methyl/N-ethyl adjacent to an activating group) is 1. The SMILES string of the molecule is C[C@H]([C@@H](O)c1ccccc1)N(C)C[C@@H]1C[C@H](c2ccc(CO)cc2)O[C@H](c2cccc(-c3cccc(CNC(=O)NCc4ccccc4)c3)c2)O1. The van der Waals surface area contributed by atoms with E-state index in [0.29, 0.717) is 26.1 Å². The van der Waals surface area contributed by atoms with E-state index in [2.05, 4.69) is 39.8 Å². The molecule has 0 aliphatic carbocycles. The van der Waals surface area contributed by atoms with E-state index >= 15 is 0 Å². The third-order valence-corrected chi connectivity index (χ3v) is 9.57. The van der Waals surface area contributed by atoms with Crippen LogP contribution in [-0.2, 0) is 29.2 Å². The Kier molecular flexibility index (Phi) is 12.3. The predicted octanol–water partition coefficient (Wildman–Crippen LogP) is 7.44. The fourth-order valence-corrected chi connectivity index (χ4v) is 6.44. The maximum absolute atomic E-state index is 12.5. The van der Waals surface area contributed by atoms with Crippen molar-refractivity contribution in [3.05, 3.63) is 167 Å². The van der Waals surface area contributed by atoms with Crippen LogP contribution in [0, 0.1) is 0 Å². The molecule has 0 unspecified atom stereocenters. The van der Waals surface area contributed by atoms with E-state index in [1.807, 2.05) is 123 Å². The Morgan fingerprint density at radius 1 is 0.745 bits per heavy atom. The molecular weight excluding hydrogens is 638 g/mol. The molecule has 5 aromatic rings. The van der Waals surface area contributed by atoms with Crippen LogP contribution < -0.4 is 10.6 Å². The maximum atomic E-state index is 12.5. The fourth-order valence-electron chi connectivity index (χ4n) is 6.44. The first kappa shape index (κ1) is 36.0. The van der Waals surface area contributed by atoms with Crippen LogP contribution in [0.5, 0.6) is 0 Å². The van der Waals surface area contributed by atoms with Gasteiger partial charge < -0.3 is 30.3 Å². The van der Waals surface area contributed by atoms with Crippen LogP contribution in [0.25, 0.3) is 11.1 Å². The van der Waals surface area contributed by atoms with Crippen molar-refractivity contribution in [3.63, 3.8) is 0 Å². The third-order valence-electron chi connectivity index (χ3n) is 9.57. The molecular formula is C43H47N3O5. The quantitative estimate of drug-likeness (QED) is 0.103. The molecule has 5 atom stereocenters. The number of aliphatic hydroxyl groups is 2. The summed E-state index contributed by atoms with van der Waals surface area (Å²) in [7, 11) is 2.02. The second kappa shape index (κ2) is 17.4. The average Bonchev–Trinajstić information content (AvgIpc) is 3.19. The molecule has 1 fully saturated rings. The lowest BCUT2D eigenvalue weighted by Crippen LogP contribution is -2.43. The topological polar surface area (TPSA) is 103 Å². The van der Waals surface area contributed by atoms with Gasteiger partial charge in [-0.1, -0.05) is 121 Å². The zero-order chi connectivity index (χ0) is 35.6. The van der Waals surface area contributed by atoms with E-state index < -0.39 is 12.4 Å². The molecule has 264 valence electrons. The molecule has 6 rings (SSSR count). The number of carbonyl (C=O) groups excluding carboxylic acids is 1. The first-order valence-electron chi connectivity index (χ1n) is 17.5. The molecule has 1 heterocycles. The number of benzene rings is 5. The number of carbonyl (C=O) groups is 1. The van der Waals surface area contributed by atoms with Crippen molar-refractivity contribution in [3.8, 4) is 11.1 Å². The Morgan fingerprint density at radius 3 is 2.08 bits per heavy atom. The number of amides is 2. The van der Waals surface area contributed by atoms with E-state index in [9.17, 15) is 15.0 Å². The van der Waals surface area contributed by atoms with Crippen LogP contribution in [0.15, 0.2) is 133 Å². The molecule has 1 aliphatic heterocycles. The Balaban J connectivity index is 1.16. The number of nitrogens with zero attached hydrogens (tertiary/aromatic N) is 1. The highest BCUT2D eigenvalue weighted by molar-refractivity contribution is 5.74. The lowest BCUT2D eigenvalue weighted by Gasteiger charge is -2.39. The Bertz CT molecular complexity index is 1840. The van der Waals surface area contributed by atoms with E-state index in [1.165, 1.54) is 0 Å². The molecule has 0 spiro atoms. The summed E-state index contributed by atoms with van der Waals surface area (Å²) in [5.41, 5.74) is 7.71. The summed E-state index contributed by atoms with van der Waals surface area (Å²) in [6.07, 6.45) is -1.02. The van der Waals surface area contributed by atoms with Gasteiger partial charge in [-0.15, -0.1) is 0 Å². The van der Waals surface area contributed by atoms with Gasteiger partial charge in [0.15, 0.2) is 6.29 Å². The first-order valence-corrected chi connectivity index (χ1v) is 17.5. The van der Waals surface area contributed by atoms with Crippen LogP contribution >= 0.6 is 0 Å². The predicted molar refractivity (Wildman–Crippen MR) is 199 cm³/mol. The fraction of sp³-hybridized carbons (Fsp3) is 0.279. The maximum Gasteiger partial charge on any atom is 0.315 e. The van der Waals surface area contributed by atoms with E-state index in [1.54, 1.807) is 0 Å². The van der Waals surface area contributed by atoms with Crippen molar-refractivity contribution in [2.45, 2.75) is 63.7 Å². The van der Waals surface area contributed by atoms with Gasteiger partial charge in [0.1, 0.15) is 0 Å². The molecule has 1 aliphatic rings. The average molecular weight is 686 g/mol.